The third-order valence-electron chi connectivity index (χ3n) is 2.66. The summed E-state index contributed by atoms with van der Waals surface area (Å²) in [6.07, 6.45) is 1.79. The topological polar surface area (TPSA) is 28.2 Å². The van der Waals surface area contributed by atoms with Crippen LogP contribution < -0.4 is 10.2 Å². The lowest BCUT2D eigenvalue weighted by molar-refractivity contribution is 0.352. The lowest BCUT2D eigenvalue weighted by Crippen LogP contribution is -2.57. The number of piperazine rings is 1. The third-order valence-corrected chi connectivity index (χ3v) is 3.37. The van der Waals surface area contributed by atoms with E-state index in [1.165, 1.54) is 0 Å². The van der Waals surface area contributed by atoms with Gasteiger partial charge in [-0.1, -0.05) is 11.6 Å². The molecule has 1 fully saturated rings. The Balaban J connectivity index is 2.23. The van der Waals surface area contributed by atoms with Crippen molar-refractivity contribution in [2.24, 2.45) is 0 Å². The second-order valence-electron chi connectivity index (χ2n) is 4.69. The van der Waals surface area contributed by atoms with Crippen molar-refractivity contribution in [1.82, 2.24) is 10.3 Å². The van der Waals surface area contributed by atoms with Crippen molar-refractivity contribution >= 4 is 33.3 Å². The van der Waals surface area contributed by atoms with E-state index in [-0.39, 0.29) is 5.54 Å². The van der Waals surface area contributed by atoms with Crippen LogP contribution in [-0.4, -0.2) is 30.2 Å². The van der Waals surface area contributed by atoms with E-state index in [1.54, 1.807) is 6.20 Å². The summed E-state index contributed by atoms with van der Waals surface area (Å²) >= 11 is 9.57. The summed E-state index contributed by atoms with van der Waals surface area (Å²) in [4.78, 5) is 6.61. The number of halogens is 2. The van der Waals surface area contributed by atoms with Crippen molar-refractivity contribution in [3.05, 3.63) is 21.8 Å². The van der Waals surface area contributed by atoms with Gasteiger partial charge in [0, 0.05) is 35.8 Å². The summed E-state index contributed by atoms with van der Waals surface area (Å²) in [6.45, 7) is 7.19. The molecule has 16 heavy (non-hydrogen) atoms. The highest BCUT2D eigenvalue weighted by Gasteiger charge is 2.27. The number of hydrogen-bond donors (Lipinski definition) is 1. The zero-order valence-corrected chi connectivity index (χ0v) is 11.8. The van der Waals surface area contributed by atoms with Crippen LogP contribution in [0.15, 0.2) is 16.7 Å². The normalized spacial score (nSPS) is 19.9. The number of pyridine rings is 1. The summed E-state index contributed by atoms with van der Waals surface area (Å²) in [5, 5.41) is 4.17. The van der Waals surface area contributed by atoms with Crippen LogP contribution in [0.3, 0.4) is 0 Å². The van der Waals surface area contributed by atoms with Crippen molar-refractivity contribution in [3.8, 4) is 0 Å². The van der Waals surface area contributed by atoms with E-state index in [9.17, 15) is 0 Å². The van der Waals surface area contributed by atoms with Crippen LogP contribution >= 0.6 is 27.5 Å². The minimum absolute atomic E-state index is 0.107. The first-order valence-corrected chi connectivity index (χ1v) is 6.46. The molecule has 0 saturated carbocycles. The van der Waals surface area contributed by atoms with E-state index < -0.39 is 0 Å². The highest BCUT2D eigenvalue weighted by atomic mass is 79.9. The standard InChI is InChI=1S/C11H15BrClN3/c1-11(2)7-16(4-3-15-11)10-9(13)5-8(12)6-14-10/h5-6,15H,3-4,7H2,1-2H3. The maximum absolute atomic E-state index is 6.20. The fraction of sp³-hybridized carbons (Fsp3) is 0.545. The van der Waals surface area contributed by atoms with Gasteiger partial charge in [-0.2, -0.15) is 0 Å². The van der Waals surface area contributed by atoms with Crippen LogP contribution in [0.4, 0.5) is 5.82 Å². The van der Waals surface area contributed by atoms with Crippen molar-refractivity contribution < 1.29 is 0 Å². The van der Waals surface area contributed by atoms with Crippen LogP contribution in [0.5, 0.6) is 0 Å². The van der Waals surface area contributed by atoms with E-state index in [0.29, 0.717) is 5.02 Å². The van der Waals surface area contributed by atoms with E-state index in [2.05, 4.69) is 45.0 Å². The maximum atomic E-state index is 6.20. The molecule has 0 bridgehead atoms. The largest absolute Gasteiger partial charge is 0.352 e. The van der Waals surface area contributed by atoms with Gasteiger partial charge in [0.15, 0.2) is 0 Å². The second kappa shape index (κ2) is 4.51. The summed E-state index contributed by atoms with van der Waals surface area (Å²) in [6, 6.07) is 1.89. The van der Waals surface area contributed by atoms with Crippen LogP contribution in [0.25, 0.3) is 0 Å². The minimum atomic E-state index is 0.107. The first-order valence-electron chi connectivity index (χ1n) is 5.29. The fourth-order valence-electron chi connectivity index (χ4n) is 1.96. The molecule has 88 valence electrons. The molecule has 0 atom stereocenters. The second-order valence-corrected chi connectivity index (χ2v) is 6.01. The van der Waals surface area contributed by atoms with Gasteiger partial charge in [0.1, 0.15) is 5.82 Å². The Bertz CT molecular complexity index is 395. The number of anilines is 1. The molecule has 0 aromatic carbocycles. The first-order chi connectivity index (χ1) is 7.48. The highest BCUT2D eigenvalue weighted by Crippen LogP contribution is 2.28. The smallest absolute Gasteiger partial charge is 0.147 e. The van der Waals surface area contributed by atoms with Crippen molar-refractivity contribution in [1.29, 1.82) is 0 Å². The molecule has 0 aliphatic carbocycles. The van der Waals surface area contributed by atoms with Crippen LogP contribution in [0.1, 0.15) is 13.8 Å². The van der Waals surface area contributed by atoms with E-state index in [1.807, 2.05) is 6.07 Å². The number of nitrogens with one attached hydrogen (secondary N) is 1. The van der Waals surface area contributed by atoms with Gasteiger partial charge >= 0.3 is 0 Å². The van der Waals surface area contributed by atoms with Crippen LogP contribution in [-0.2, 0) is 0 Å². The fourth-order valence-corrected chi connectivity index (χ4v) is 2.71. The van der Waals surface area contributed by atoms with Gasteiger partial charge in [-0.05, 0) is 35.8 Å². The van der Waals surface area contributed by atoms with Crippen LogP contribution in [0.2, 0.25) is 5.02 Å². The Morgan fingerprint density at radius 1 is 1.56 bits per heavy atom. The molecule has 1 N–H and O–H groups in total. The summed E-state index contributed by atoms with van der Waals surface area (Å²) < 4.78 is 0.913. The minimum Gasteiger partial charge on any atom is -0.352 e. The third kappa shape index (κ3) is 2.67. The van der Waals surface area contributed by atoms with Crippen molar-refractivity contribution in [2.75, 3.05) is 24.5 Å². The monoisotopic (exact) mass is 303 g/mol. The molecule has 1 aromatic rings. The Morgan fingerprint density at radius 3 is 2.94 bits per heavy atom. The van der Waals surface area contributed by atoms with E-state index in [0.717, 1.165) is 29.9 Å². The Labute approximate surface area is 109 Å². The highest BCUT2D eigenvalue weighted by molar-refractivity contribution is 9.10. The molecule has 1 aliphatic heterocycles. The molecule has 3 nitrogen and oxygen atoms in total. The average molecular weight is 305 g/mol. The molecule has 1 saturated heterocycles. The van der Waals surface area contributed by atoms with Gasteiger partial charge in [-0.15, -0.1) is 0 Å². The summed E-state index contributed by atoms with van der Waals surface area (Å²) in [5.41, 5.74) is 0.107. The zero-order chi connectivity index (χ0) is 11.8. The summed E-state index contributed by atoms with van der Waals surface area (Å²) in [7, 11) is 0. The molecular formula is C11H15BrClN3. The molecule has 2 heterocycles. The van der Waals surface area contributed by atoms with E-state index in [4.69, 9.17) is 11.6 Å². The molecule has 1 aliphatic rings. The molecule has 0 radical (unpaired) electrons. The molecule has 5 heteroatoms. The van der Waals surface area contributed by atoms with Gasteiger partial charge in [0.25, 0.3) is 0 Å². The first kappa shape index (κ1) is 12.1. The number of aromatic nitrogens is 1. The van der Waals surface area contributed by atoms with Crippen molar-refractivity contribution in [2.45, 2.75) is 19.4 Å². The number of hydrogen-bond acceptors (Lipinski definition) is 3. The van der Waals surface area contributed by atoms with Crippen molar-refractivity contribution in [3.63, 3.8) is 0 Å². The molecule has 0 unspecified atom stereocenters. The lowest BCUT2D eigenvalue weighted by Gasteiger charge is -2.40. The van der Waals surface area contributed by atoms with Gasteiger partial charge < -0.3 is 10.2 Å². The van der Waals surface area contributed by atoms with Gasteiger partial charge in [0.05, 0.1) is 5.02 Å². The van der Waals surface area contributed by atoms with Gasteiger partial charge in [0.2, 0.25) is 0 Å². The summed E-state index contributed by atoms with van der Waals surface area (Å²) in [5.74, 6) is 0.874. The lowest BCUT2D eigenvalue weighted by atomic mass is 10.0. The maximum Gasteiger partial charge on any atom is 0.147 e. The van der Waals surface area contributed by atoms with Crippen LogP contribution in [0, 0.1) is 0 Å². The Kier molecular flexibility index (Phi) is 3.42. The molecular weight excluding hydrogens is 289 g/mol. The quantitative estimate of drug-likeness (QED) is 0.864. The van der Waals surface area contributed by atoms with E-state index >= 15 is 0 Å². The Morgan fingerprint density at radius 2 is 2.31 bits per heavy atom. The average Bonchev–Trinajstić information content (AvgIpc) is 2.15. The number of rotatable bonds is 1. The molecule has 2 rings (SSSR count). The Hall–Kier alpha value is -0.320. The van der Waals surface area contributed by atoms with Gasteiger partial charge in [-0.25, -0.2) is 4.98 Å². The SMILES string of the molecule is CC1(C)CN(c2ncc(Br)cc2Cl)CCN1. The molecule has 0 amide bonds. The molecule has 1 aromatic heterocycles. The predicted octanol–water partition coefficient (Wildman–Crippen LogP) is 2.69. The predicted molar refractivity (Wildman–Crippen MR) is 71.2 cm³/mol. The molecule has 0 spiro atoms. The zero-order valence-electron chi connectivity index (χ0n) is 9.43. The number of nitrogens with zero attached hydrogens (tertiary/aromatic N) is 2. The van der Waals surface area contributed by atoms with Gasteiger partial charge in [-0.3, -0.25) is 0 Å².